The van der Waals surface area contributed by atoms with Gasteiger partial charge in [-0.05, 0) is 50.9 Å². The molecule has 25 heavy (non-hydrogen) atoms. The van der Waals surface area contributed by atoms with Crippen LogP contribution in [-0.2, 0) is 19.5 Å². The highest BCUT2D eigenvalue weighted by molar-refractivity contribution is 5.06. The number of pyridine rings is 1. The lowest BCUT2D eigenvalue weighted by atomic mass is 10.1. The molecule has 1 aliphatic heterocycles. The second kappa shape index (κ2) is 8.87. The Hall–Kier alpha value is -2.05. The van der Waals surface area contributed by atoms with Crippen molar-refractivity contribution in [1.82, 2.24) is 25.2 Å². The fourth-order valence-corrected chi connectivity index (χ4v) is 3.39. The lowest BCUT2D eigenvalue weighted by Crippen LogP contribution is -2.36. The lowest BCUT2D eigenvalue weighted by Gasteiger charge is -2.30. The van der Waals surface area contributed by atoms with Gasteiger partial charge in [0.1, 0.15) is 5.82 Å². The second-order valence-corrected chi connectivity index (χ2v) is 6.60. The van der Waals surface area contributed by atoms with Crippen molar-refractivity contribution in [3.05, 3.63) is 58.0 Å². The van der Waals surface area contributed by atoms with Crippen molar-refractivity contribution in [3.8, 4) is 0 Å². The SMILES string of the molecule is CCc1cc(=O)[nH]c(CN(Cc2ccccn2)C2CCCNCC2)n1. The van der Waals surface area contributed by atoms with Gasteiger partial charge in [0.05, 0.1) is 12.2 Å². The summed E-state index contributed by atoms with van der Waals surface area (Å²) in [5, 5.41) is 3.47. The van der Waals surface area contributed by atoms with E-state index >= 15 is 0 Å². The number of nitrogens with one attached hydrogen (secondary N) is 2. The van der Waals surface area contributed by atoms with E-state index < -0.39 is 0 Å². The summed E-state index contributed by atoms with van der Waals surface area (Å²) in [6, 6.07) is 8.07. The van der Waals surface area contributed by atoms with Gasteiger partial charge in [-0.3, -0.25) is 14.7 Å². The molecule has 0 radical (unpaired) electrons. The summed E-state index contributed by atoms with van der Waals surface area (Å²) in [5.41, 5.74) is 1.83. The monoisotopic (exact) mass is 341 g/mol. The Balaban J connectivity index is 1.82. The number of H-pyrrole nitrogens is 1. The van der Waals surface area contributed by atoms with Crippen LogP contribution in [-0.4, -0.2) is 39.0 Å². The molecule has 2 N–H and O–H groups in total. The van der Waals surface area contributed by atoms with Gasteiger partial charge in [0.2, 0.25) is 0 Å². The van der Waals surface area contributed by atoms with E-state index in [1.54, 1.807) is 6.07 Å². The average Bonchev–Trinajstić information content (AvgIpc) is 2.91. The Labute approximate surface area is 148 Å². The van der Waals surface area contributed by atoms with Gasteiger partial charge >= 0.3 is 0 Å². The van der Waals surface area contributed by atoms with Crippen molar-refractivity contribution < 1.29 is 0 Å². The van der Waals surface area contributed by atoms with Crippen LogP contribution < -0.4 is 10.9 Å². The van der Waals surface area contributed by atoms with Crippen LogP contribution in [0.5, 0.6) is 0 Å². The summed E-state index contributed by atoms with van der Waals surface area (Å²) in [6.07, 6.45) is 6.02. The van der Waals surface area contributed by atoms with Gasteiger partial charge in [-0.2, -0.15) is 0 Å². The van der Waals surface area contributed by atoms with Crippen LogP contribution in [0.2, 0.25) is 0 Å². The van der Waals surface area contributed by atoms with Crippen molar-refractivity contribution in [3.63, 3.8) is 0 Å². The molecule has 0 bridgehead atoms. The van der Waals surface area contributed by atoms with Crippen LogP contribution in [0.25, 0.3) is 0 Å². The molecule has 0 aromatic carbocycles. The van der Waals surface area contributed by atoms with Gasteiger partial charge in [-0.1, -0.05) is 13.0 Å². The Morgan fingerprint density at radius 2 is 2.12 bits per heavy atom. The molecule has 1 aliphatic rings. The maximum Gasteiger partial charge on any atom is 0.251 e. The highest BCUT2D eigenvalue weighted by Gasteiger charge is 2.21. The topological polar surface area (TPSA) is 73.9 Å². The molecule has 1 saturated heterocycles. The first-order valence-corrected chi connectivity index (χ1v) is 9.18. The number of aromatic nitrogens is 3. The molecular weight excluding hydrogens is 314 g/mol. The molecule has 2 aromatic heterocycles. The summed E-state index contributed by atoms with van der Waals surface area (Å²) in [4.78, 5) is 26.3. The molecular formula is C19H27N5O. The van der Waals surface area contributed by atoms with E-state index in [1.807, 2.05) is 25.3 Å². The van der Waals surface area contributed by atoms with Gasteiger partial charge in [0, 0.05) is 30.5 Å². The van der Waals surface area contributed by atoms with E-state index in [-0.39, 0.29) is 5.56 Å². The first-order chi connectivity index (χ1) is 12.2. The van der Waals surface area contributed by atoms with Crippen LogP contribution in [0.15, 0.2) is 35.3 Å². The number of hydrogen-bond donors (Lipinski definition) is 2. The van der Waals surface area contributed by atoms with Crippen molar-refractivity contribution in [1.29, 1.82) is 0 Å². The van der Waals surface area contributed by atoms with Crippen molar-refractivity contribution >= 4 is 0 Å². The van der Waals surface area contributed by atoms with Crippen LogP contribution in [0.4, 0.5) is 0 Å². The molecule has 0 saturated carbocycles. The zero-order chi connectivity index (χ0) is 17.5. The van der Waals surface area contributed by atoms with Gasteiger partial charge in [-0.25, -0.2) is 4.98 Å². The minimum atomic E-state index is -0.0674. The molecule has 0 aliphatic carbocycles. The fourth-order valence-electron chi connectivity index (χ4n) is 3.39. The third-order valence-corrected chi connectivity index (χ3v) is 4.71. The van der Waals surface area contributed by atoms with Crippen LogP contribution in [0.1, 0.15) is 43.4 Å². The van der Waals surface area contributed by atoms with Crippen molar-refractivity contribution in [2.75, 3.05) is 13.1 Å². The number of rotatable bonds is 6. The van der Waals surface area contributed by atoms with E-state index in [4.69, 9.17) is 0 Å². The molecule has 3 rings (SSSR count). The summed E-state index contributed by atoms with van der Waals surface area (Å²) < 4.78 is 0. The molecule has 134 valence electrons. The maximum atomic E-state index is 11.9. The molecule has 6 heteroatoms. The summed E-state index contributed by atoms with van der Waals surface area (Å²) >= 11 is 0. The lowest BCUT2D eigenvalue weighted by molar-refractivity contribution is 0.158. The predicted octanol–water partition coefficient (Wildman–Crippen LogP) is 1.87. The zero-order valence-corrected chi connectivity index (χ0v) is 14.9. The molecule has 0 spiro atoms. The zero-order valence-electron chi connectivity index (χ0n) is 14.9. The Kier molecular flexibility index (Phi) is 6.30. The highest BCUT2D eigenvalue weighted by atomic mass is 16.1. The van der Waals surface area contributed by atoms with Crippen LogP contribution in [0.3, 0.4) is 0 Å². The number of nitrogens with zero attached hydrogens (tertiary/aromatic N) is 3. The first-order valence-electron chi connectivity index (χ1n) is 9.18. The maximum absolute atomic E-state index is 11.9. The Morgan fingerprint density at radius 3 is 2.92 bits per heavy atom. The van der Waals surface area contributed by atoms with Gasteiger partial charge in [0.25, 0.3) is 5.56 Å². The molecule has 2 aromatic rings. The summed E-state index contributed by atoms with van der Waals surface area (Å²) in [7, 11) is 0. The largest absolute Gasteiger partial charge is 0.317 e. The number of aromatic amines is 1. The Bertz CT molecular complexity index is 707. The standard InChI is InChI=1S/C19H27N5O/c1-2-15-12-19(25)23-18(22-15)14-24(13-16-6-3-4-10-21-16)17-7-5-9-20-11-8-17/h3-4,6,10,12,17,20H,2,5,7-9,11,13-14H2,1H3,(H,22,23,25). The summed E-state index contributed by atoms with van der Waals surface area (Å²) in [6.45, 7) is 5.54. The van der Waals surface area contributed by atoms with Gasteiger partial charge < -0.3 is 10.3 Å². The van der Waals surface area contributed by atoms with E-state index in [2.05, 4.69) is 31.2 Å². The predicted molar refractivity (Wildman–Crippen MR) is 98.2 cm³/mol. The van der Waals surface area contributed by atoms with Crippen molar-refractivity contribution in [2.24, 2.45) is 0 Å². The Morgan fingerprint density at radius 1 is 1.20 bits per heavy atom. The smallest absolute Gasteiger partial charge is 0.251 e. The highest BCUT2D eigenvalue weighted by Crippen LogP contribution is 2.18. The van der Waals surface area contributed by atoms with Crippen LogP contribution in [0, 0.1) is 0 Å². The van der Waals surface area contributed by atoms with Crippen LogP contribution >= 0.6 is 0 Å². The third-order valence-electron chi connectivity index (χ3n) is 4.71. The molecule has 0 amide bonds. The number of hydrogen-bond acceptors (Lipinski definition) is 5. The van der Waals surface area contributed by atoms with E-state index in [1.165, 1.54) is 6.42 Å². The third kappa shape index (κ3) is 5.21. The number of aryl methyl sites for hydroxylation is 1. The molecule has 1 unspecified atom stereocenters. The average molecular weight is 341 g/mol. The summed E-state index contributed by atoms with van der Waals surface area (Å²) in [5.74, 6) is 0.748. The van der Waals surface area contributed by atoms with E-state index in [9.17, 15) is 4.79 Å². The van der Waals surface area contributed by atoms with Crippen molar-refractivity contribution in [2.45, 2.75) is 51.7 Å². The minimum absolute atomic E-state index is 0.0674. The van der Waals surface area contributed by atoms with Gasteiger partial charge in [0.15, 0.2) is 0 Å². The molecule has 1 atom stereocenters. The normalized spacial score (nSPS) is 18.2. The molecule has 1 fully saturated rings. The van der Waals surface area contributed by atoms with E-state index in [0.29, 0.717) is 12.6 Å². The fraction of sp³-hybridized carbons (Fsp3) is 0.526. The second-order valence-electron chi connectivity index (χ2n) is 6.60. The van der Waals surface area contributed by atoms with Gasteiger partial charge in [-0.15, -0.1) is 0 Å². The quantitative estimate of drug-likeness (QED) is 0.839. The minimum Gasteiger partial charge on any atom is -0.317 e. The molecule has 6 nitrogen and oxygen atoms in total. The van der Waals surface area contributed by atoms with E-state index in [0.717, 1.165) is 56.1 Å². The molecule has 3 heterocycles. The first kappa shape index (κ1) is 17.8.